The molecule has 0 unspecified atom stereocenters. The van der Waals surface area contributed by atoms with Crippen molar-refractivity contribution in [2.75, 3.05) is 0 Å². The number of amides is 1. The molecule has 1 amide bonds. The number of nitrogens with zero attached hydrogens (tertiary/aromatic N) is 1. The fraction of sp³-hybridized carbons (Fsp3) is 0.0476. The van der Waals surface area contributed by atoms with E-state index in [9.17, 15) is 4.79 Å². The van der Waals surface area contributed by atoms with Gasteiger partial charge < -0.3 is 0 Å². The minimum atomic E-state index is -0.236. The van der Waals surface area contributed by atoms with Crippen LogP contribution in [0, 0.1) is 0 Å². The number of carbonyl (C=O) groups excluding carboxylic acids is 1. The molecule has 0 fully saturated rings. The van der Waals surface area contributed by atoms with Crippen molar-refractivity contribution in [2.24, 2.45) is 5.10 Å². The highest BCUT2D eigenvalue weighted by atomic mass is 79.9. The van der Waals surface area contributed by atoms with Crippen LogP contribution in [0.5, 0.6) is 0 Å². The van der Waals surface area contributed by atoms with Gasteiger partial charge in [0.15, 0.2) is 0 Å². The molecule has 27 heavy (non-hydrogen) atoms. The average molecular weight is 460 g/mol. The Hall–Kier alpha value is -2.08. The first kappa shape index (κ1) is 19.7. The van der Waals surface area contributed by atoms with Crippen LogP contribution in [0.15, 0.2) is 87.3 Å². The average Bonchev–Trinajstić information content (AvgIpc) is 2.69. The molecule has 0 aliphatic carbocycles. The van der Waals surface area contributed by atoms with Gasteiger partial charge in [0, 0.05) is 25.7 Å². The van der Waals surface area contributed by atoms with Gasteiger partial charge in [0.1, 0.15) is 0 Å². The minimum absolute atomic E-state index is 0.236. The topological polar surface area (TPSA) is 41.5 Å². The normalized spacial score (nSPS) is 10.9. The molecule has 0 bridgehead atoms. The lowest BCUT2D eigenvalue weighted by Crippen LogP contribution is -2.17. The number of halogens is 2. The van der Waals surface area contributed by atoms with E-state index in [1.165, 1.54) is 0 Å². The smallest absolute Gasteiger partial charge is 0.267 e. The van der Waals surface area contributed by atoms with Gasteiger partial charge in [0.2, 0.25) is 0 Å². The van der Waals surface area contributed by atoms with Crippen molar-refractivity contribution in [3.05, 3.63) is 99.0 Å². The number of benzene rings is 3. The first-order valence-corrected chi connectivity index (χ1v) is 10.3. The Morgan fingerprint density at radius 2 is 1.67 bits per heavy atom. The van der Waals surface area contributed by atoms with E-state index >= 15 is 0 Å². The summed E-state index contributed by atoms with van der Waals surface area (Å²) in [5.41, 5.74) is 5.17. The zero-order valence-electron chi connectivity index (χ0n) is 14.2. The number of hydrogen-bond acceptors (Lipinski definition) is 3. The van der Waals surface area contributed by atoms with Gasteiger partial charge in [-0.15, -0.1) is 11.8 Å². The van der Waals surface area contributed by atoms with Crippen LogP contribution < -0.4 is 5.43 Å². The maximum absolute atomic E-state index is 12.2. The summed E-state index contributed by atoms with van der Waals surface area (Å²) < 4.78 is 0.998. The van der Waals surface area contributed by atoms with Crippen LogP contribution in [-0.2, 0) is 5.75 Å². The summed E-state index contributed by atoms with van der Waals surface area (Å²) in [5, 5.41) is 4.73. The molecule has 6 heteroatoms. The van der Waals surface area contributed by atoms with E-state index in [1.807, 2.05) is 72.8 Å². The molecule has 1 N–H and O–H groups in total. The Balaban J connectivity index is 1.52. The van der Waals surface area contributed by atoms with Crippen LogP contribution in [0.4, 0.5) is 0 Å². The summed E-state index contributed by atoms with van der Waals surface area (Å²) in [6.07, 6.45) is 1.61. The Morgan fingerprint density at radius 1 is 1.00 bits per heavy atom. The van der Waals surface area contributed by atoms with Gasteiger partial charge in [-0.2, -0.15) is 5.10 Å². The van der Waals surface area contributed by atoms with Crippen LogP contribution in [0.1, 0.15) is 21.5 Å². The fourth-order valence-corrected chi connectivity index (χ4v) is 3.47. The molecular formula is C21H16BrClN2OS. The molecule has 0 radical (unpaired) electrons. The lowest BCUT2D eigenvalue weighted by molar-refractivity contribution is 0.0955. The predicted molar refractivity (Wildman–Crippen MR) is 117 cm³/mol. The van der Waals surface area contributed by atoms with Gasteiger partial charge in [-0.3, -0.25) is 4.79 Å². The SMILES string of the molecule is O=C(N/N=C\c1ccc(Br)cc1)c1ccc(CSc2ccc(Cl)cc2)cc1. The predicted octanol–water partition coefficient (Wildman–Crippen LogP) is 6.16. The first-order valence-electron chi connectivity index (χ1n) is 8.16. The third-order valence-electron chi connectivity index (χ3n) is 3.68. The van der Waals surface area contributed by atoms with E-state index < -0.39 is 0 Å². The van der Waals surface area contributed by atoms with Gasteiger partial charge in [-0.25, -0.2) is 5.43 Å². The number of thioether (sulfide) groups is 1. The highest BCUT2D eigenvalue weighted by Crippen LogP contribution is 2.24. The largest absolute Gasteiger partial charge is 0.271 e. The van der Waals surface area contributed by atoms with E-state index in [1.54, 1.807) is 18.0 Å². The molecular weight excluding hydrogens is 444 g/mol. The highest BCUT2D eigenvalue weighted by Gasteiger charge is 2.04. The second kappa shape index (κ2) is 9.74. The van der Waals surface area contributed by atoms with E-state index in [0.29, 0.717) is 5.56 Å². The van der Waals surface area contributed by atoms with E-state index in [2.05, 4.69) is 26.5 Å². The third kappa shape index (κ3) is 6.24. The maximum atomic E-state index is 12.2. The zero-order chi connectivity index (χ0) is 19.1. The molecule has 0 aliphatic heterocycles. The Morgan fingerprint density at radius 3 is 2.33 bits per heavy atom. The molecule has 3 aromatic carbocycles. The summed E-state index contributed by atoms with van der Waals surface area (Å²) in [6.45, 7) is 0. The Kier molecular flexibility index (Phi) is 7.10. The lowest BCUT2D eigenvalue weighted by Gasteiger charge is -2.04. The number of hydrogen-bond donors (Lipinski definition) is 1. The summed E-state index contributed by atoms with van der Waals surface area (Å²) in [4.78, 5) is 13.3. The zero-order valence-corrected chi connectivity index (χ0v) is 17.4. The molecule has 3 nitrogen and oxygen atoms in total. The Labute approximate surface area is 176 Å². The number of nitrogens with one attached hydrogen (secondary N) is 1. The van der Waals surface area contributed by atoms with Crippen molar-refractivity contribution >= 4 is 51.4 Å². The van der Waals surface area contributed by atoms with Gasteiger partial charge in [0.05, 0.1) is 6.21 Å². The molecule has 0 heterocycles. The molecule has 0 saturated carbocycles. The Bertz CT molecular complexity index is 926. The minimum Gasteiger partial charge on any atom is -0.267 e. The van der Waals surface area contributed by atoms with E-state index in [-0.39, 0.29) is 5.91 Å². The number of hydrazone groups is 1. The second-order valence-corrected chi connectivity index (χ2v) is 8.09. The van der Waals surface area contributed by atoms with Crippen LogP contribution in [-0.4, -0.2) is 12.1 Å². The highest BCUT2D eigenvalue weighted by molar-refractivity contribution is 9.10. The van der Waals surface area contributed by atoms with Crippen LogP contribution >= 0.6 is 39.3 Å². The van der Waals surface area contributed by atoms with Gasteiger partial charge in [0.25, 0.3) is 5.91 Å². The van der Waals surface area contributed by atoms with E-state index in [4.69, 9.17) is 11.6 Å². The van der Waals surface area contributed by atoms with Crippen LogP contribution in [0.3, 0.4) is 0 Å². The van der Waals surface area contributed by atoms with Crippen molar-refractivity contribution in [1.82, 2.24) is 5.43 Å². The summed E-state index contributed by atoms with van der Waals surface area (Å²) >= 11 is 11.0. The molecule has 0 saturated heterocycles. The van der Waals surface area contributed by atoms with Crippen molar-refractivity contribution in [3.8, 4) is 0 Å². The molecule has 3 rings (SSSR count). The fourth-order valence-electron chi connectivity index (χ4n) is 2.23. The van der Waals surface area contributed by atoms with E-state index in [0.717, 1.165) is 31.3 Å². The van der Waals surface area contributed by atoms with Crippen LogP contribution in [0.2, 0.25) is 5.02 Å². The van der Waals surface area contributed by atoms with Gasteiger partial charge >= 0.3 is 0 Å². The summed E-state index contributed by atoms with van der Waals surface area (Å²) in [7, 11) is 0. The number of carbonyl (C=O) groups is 1. The third-order valence-corrected chi connectivity index (χ3v) is 5.55. The monoisotopic (exact) mass is 458 g/mol. The maximum Gasteiger partial charge on any atom is 0.271 e. The molecule has 136 valence electrons. The van der Waals surface area contributed by atoms with Crippen molar-refractivity contribution in [2.45, 2.75) is 10.6 Å². The van der Waals surface area contributed by atoms with Crippen molar-refractivity contribution in [3.63, 3.8) is 0 Å². The molecule has 0 atom stereocenters. The standard InChI is InChI=1S/C21H16BrClN2OS/c22-18-7-3-15(4-8-18)13-24-25-21(26)17-5-1-16(2-6-17)14-27-20-11-9-19(23)10-12-20/h1-13H,14H2,(H,25,26)/b24-13-. The van der Waals surface area contributed by atoms with Crippen molar-refractivity contribution < 1.29 is 4.79 Å². The molecule has 3 aromatic rings. The summed E-state index contributed by atoms with van der Waals surface area (Å²) in [5.74, 6) is 0.589. The lowest BCUT2D eigenvalue weighted by atomic mass is 10.1. The molecule has 0 aliphatic rings. The van der Waals surface area contributed by atoms with Crippen molar-refractivity contribution in [1.29, 1.82) is 0 Å². The molecule has 0 spiro atoms. The quantitative estimate of drug-likeness (QED) is 0.272. The molecule has 0 aromatic heterocycles. The van der Waals surface area contributed by atoms with Gasteiger partial charge in [-0.1, -0.05) is 51.8 Å². The number of rotatable bonds is 6. The second-order valence-electron chi connectivity index (χ2n) is 5.69. The van der Waals surface area contributed by atoms with Crippen LogP contribution in [0.25, 0.3) is 0 Å². The van der Waals surface area contributed by atoms with Gasteiger partial charge in [-0.05, 0) is 59.7 Å². The summed E-state index contributed by atoms with van der Waals surface area (Å²) in [6, 6.07) is 22.9. The first-order chi connectivity index (χ1) is 13.1.